The Bertz CT molecular complexity index is 349. The van der Waals surface area contributed by atoms with Crippen molar-refractivity contribution in [1.82, 2.24) is 10.6 Å². The lowest BCUT2D eigenvalue weighted by Crippen LogP contribution is -2.42. The minimum atomic E-state index is -3.00. The fourth-order valence-electron chi connectivity index (χ4n) is 1.26. The van der Waals surface area contributed by atoms with Crippen LogP contribution in [0, 0.1) is 0 Å². The first kappa shape index (κ1) is 12.4. The fourth-order valence-corrected chi connectivity index (χ4v) is 2.75. The molecule has 0 aromatic heterocycles. The Morgan fingerprint density at radius 3 is 2.87 bits per heavy atom. The van der Waals surface area contributed by atoms with Gasteiger partial charge in [0.25, 0.3) is 0 Å². The molecule has 0 aromatic carbocycles. The topological polar surface area (TPSA) is 58.2 Å². The number of nitrogens with one attached hydrogen (secondary N) is 2. The molecule has 2 N–H and O–H groups in total. The van der Waals surface area contributed by atoms with Crippen molar-refractivity contribution in [1.29, 1.82) is 0 Å². The van der Waals surface area contributed by atoms with E-state index < -0.39 is 9.84 Å². The van der Waals surface area contributed by atoms with E-state index in [1.807, 2.05) is 0 Å². The molecule has 0 amide bonds. The molecule has 0 fully saturated rings. The Balaban J connectivity index is 2.26. The Labute approximate surface area is 96.0 Å². The summed E-state index contributed by atoms with van der Waals surface area (Å²) in [5.74, 6) is 0.0998. The smallest absolute Gasteiger partial charge is 0.173 e. The largest absolute Gasteiger partial charge is 0.363 e. The molecule has 0 bridgehead atoms. The zero-order valence-corrected chi connectivity index (χ0v) is 10.3. The molecule has 1 unspecified atom stereocenters. The van der Waals surface area contributed by atoms with Crippen LogP contribution in [0.25, 0.3) is 0 Å². The molecule has 0 aliphatic carbocycles. The molecule has 0 radical (unpaired) electrons. The highest BCUT2D eigenvalue weighted by atomic mass is 32.2. The molecule has 0 aromatic rings. The lowest BCUT2D eigenvalue weighted by Gasteiger charge is -2.13. The van der Waals surface area contributed by atoms with Gasteiger partial charge in [-0.15, -0.1) is 0 Å². The van der Waals surface area contributed by atoms with Gasteiger partial charge in [-0.2, -0.15) is 0 Å². The molecule has 1 rings (SSSR count). The Morgan fingerprint density at radius 1 is 1.60 bits per heavy atom. The predicted octanol–water partition coefficient (Wildman–Crippen LogP) is 0.561. The van der Waals surface area contributed by atoms with E-state index in [1.165, 1.54) is 5.41 Å². The minimum absolute atomic E-state index is 0.0998. The Morgan fingerprint density at radius 2 is 2.33 bits per heavy atom. The van der Waals surface area contributed by atoms with Crippen molar-refractivity contribution in [2.75, 3.05) is 12.3 Å². The maximum atomic E-state index is 11.1. The van der Waals surface area contributed by atoms with Crippen LogP contribution in [0.15, 0.2) is 11.5 Å². The summed E-state index contributed by atoms with van der Waals surface area (Å²) in [6.45, 7) is 2.93. The van der Waals surface area contributed by atoms with Gasteiger partial charge in [0.2, 0.25) is 0 Å². The summed E-state index contributed by atoms with van der Waals surface area (Å²) in [7, 11) is -3.00. The van der Waals surface area contributed by atoms with Gasteiger partial charge in [0.05, 0.1) is 11.8 Å². The van der Waals surface area contributed by atoms with Crippen LogP contribution >= 0.6 is 12.2 Å². The first-order valence-corrected chi connectivity index (χ1v) is 7.11. The van der Waals surface area contributed by atoms with E-state index in [1.54, 1.807) is 6.08 Å². The molecule has 1 heterocycles. The van der Waals surface area contributed by atoms with E-state index in [4.69, 9.17) is 12.2 Å². The van der Waals surface area contributed by atoms with E-state index in [0.717, 1.165) is 19.4 Å². The lowest BCUT2D eigenvalue weighted by atomic mass is 10.3. The van der Waals surface area contributed by atoms with Crippen LogP contribution in [-0.2, 0) is 9.84 Å². The lowest BCUT2D eigenvalue weighted by molar-refractivity contribution is 0.602. The van der Waals surface area contributed by atoms with E-state index in [-0.39, 0.29) is 11.8 Å². The van der Waals surface area contributed by atoms with E-state index in [9.17, 15) is 8.42 Å². The van der Waals surface area contributed by atoms with Crippen LogP contribution in [0.5, 0.6) is 0 Å². The SMILES string of the molecule is CCCCNC(=S)NC1C=CS(=O)(=O)C1. The van der Waals surface area contributed by atoms with Gasteiger partial charge in [0, 0.05) is 12.0 Å². The van der Waals surface area contributed by atoms with Crippen molar-refractivity contribution in [2.45, 2.75) is 25.8 Å². The van der Waals surface area contributed by atoms with Gasteiger partial charge in [0.15, 0.2) is 14.9 Å². The fraction of sp³-hybridized carbons (Fsp3) is 0.667. The number of hydrogen-bond acceptors (Lipinski definition) is 3. The second kappa shape index (κ2) is 5.46. The van der Waals surface area contributed by atoms with Crippen molar-refractivity contribution >= 4 is 27.2 Å². The van der Waals surface area contributed by atoms with Crippen molar-refractivity contribution in [3.05, 3.63) is 11.5 Å². The van der Waals surface area contributed by atoms with Crippen molar-refractivity contribution in [3.63, 3.8) is 0 Å². The maximum Gasteiger partial charge on any atom is 0.173 e. The summed E-state index contributed by atoms with van der Waals surface area (Å²) in [6, 6.07) is -0.184. The van der Waals surface area contributed by atoms with Crippen LogP contribution in [-0.4, -0.2) is 31.9 Å². The van der Waals surface area contributed by atoms with Crippen LogP contribution in [0.1, 0.15) is 19.8 Å². The van der Waals surface area contributed by atoms with Gasteiger partial charge in [-0.25, -0.2) is 8.42 Å². The minimum Gasteiger partial charge on any atom is -0.363 e. The number of sulfone groups is 1. The molecule has 6 heteroatoms. The van der Waals surface area contributed by atoms with E-state index in [0.29, 0.717) is 5.11 Å². The molecule has 86 valence electrons. The second-order valence-corrected chi connectivity index (χ2v) is 5.86. The van der Waals surface area contributed by atoms with Gasteiger partial charge in [-0.1, -0.05) is 13.3 Å². The normalized spacial score (nSPS) is 22.6. The van der Waals surface area contributed by atoms with Crippen LogP contribution < -0.4 is 10.6 Å². The summed E-state index contributed by atoms with van der Waals surface area (Å²) in [6.07, 6.45) is 3.79. The molecule has 4 nitrogen and oxygen atoms in total. The van der Waals surface area contributed by atoms with Crippen LogP contribution in [0.3, 0.4) is 0 Å². The average molecular weight is 248 g/mol. The first-order chi connectivity index (χ1) is 7.03. The highest BCUT2D eigenvalue weighted by Gasteiger charge is 2.21. The van der Waals surface area contributed by atoms with Gasteiger partial charge >= 0.3 is 0 Å². The highest BCUT2D eigenvalue weighted by molar-refractivity contribution is 7.94. The van der Waals surface area contributed by atoms with Gasteiger partial charge in [0.1, 0.15) is 0 Å². The average Bonchev–Trinajstić information content (AvgIpc) is 2.46. The standard InChI is InChI=1S/C9H16N2O2S2/c1-2-3-5-10-9(14)11-8-4-6-15(12,13)7-8/h4,6,8H,2-3,5,7H2,1H3,(H2,10,11,14). The molecule has 0 saturated carbocycles. The highest BCUT2D eigenvalue weighted by Crippen LogP contribution is 2.07. The number of thiocarbonyl (C=S) groups is 1. The Hall–Kier alpha value is -0.620. The molecular weight excluding hydrogens is 232 g/mol. The molecule has 0 spiro atoms. The van der Waals surface area contributed by atoms with Crippen LogP contribution in [0.4, 0.5) is 0 Å². The van der Waals surface area contributed by atoms with Crippen molar-refractivity contribution < 1.29 is 8.42 Å². The third-order valence-corrected chi connectivity index (χ3v) is 3.72. The quantitative estimate of drug-likeness (QED) is 0.562. The molecule has 0 saturated heterocycles. The zero-order chi connectivity index (χ0) is 11.3. The van der Waals surface area contributed by atoms with E-state index >= 15 is 0 Å². The molecular formula is C9H16N2O2S2. The predicted molar refractivity (Wildman–Crippen MR) is 65.4 cm³/mol. The van der Waals surface area contributed by atoms with Gasteiger partial charge < -0.3 is 10.6 Å². The number of hydrogen-bond donors (Lipinski definition) is 2. The van der Waals surface area contributed by atoms with Gasteiger partial charge in [-0.3, -0.25) is 0 Å². The molecule has 1 aliphatic rings. The molecule has 1 atom stereocenters. The van der Waals surface area contributed by atoms with Crippen molar-refractivity contribution in [3.8, 4) is 0 Å². The number of rotatable bonds is 4. The third-order valence-electron chi connectivity index (χ3n) is 2.06. The monoisotopic (exact) mass is 248 g/mol. The zero-order valence-electron chi connectivity index (χ0n) is 8.69. The molecule has 1 aliphatic heterocycles. The summed E-state index contributed by atoms with van der Waals surface area (Å²) in [5.41, 5.74) is 0. The Kier molecular flexibility index (Phi) is 4.53. The first-order valence-electron chi connectivity index (χ1n) is 4.99. The van der Waals surface area contributed by atoms with Crippen molar-refractivity contribution in [2.24, 2.45) is 0 Å². The number of unbranched alkanes of at least 4 members (excludes halogenated alkanes) is 1. The summed E-state index contributed by atoms with van der Waals surface area (Å²) < 4.78 is 22.2. The van der Waals surface area contributed by atoms with Gasteiger partial charge in [-0.05, 0) is 24.7 Å². The second-order valence-electron chi connectivity index (χ2n) is 3.52. The maximum absolute atomic E-state index is 11.1. The van der Waals surface area contributed by atoms with E-state index in [2.05, 4.69) is 17.6 Å². The molecule has 15 heavy (non-hydrogen) atoms. The summed E-state index contributed by atoms with van der Waals surface area (Å²) in [5, 5.41) is 7.74. The summed E-state index contributed by atoms with van der Waals surface area (Å²) in [4.78, 5) is 0. The van der Waals surface area contributed by atoms with Crippen LogP contribution in [0.2, 0.25) is 0 Å². The summed E-state index contributed by atoms with van der Waals surface area (Å²) >= 11 is 5.03. The third kappa shape index (κ3) is 4.61.